The highest BCUT2D eigenvalue weighted by molar-refractivity contribution is 9.10. The molecule has 4 rings (SSSR count). The molecule has 166 valence electrons. The molecule has 2 amide bonds. The number of aromatic nitrogens is 2. The van der Waals surface area contributed by atoms with E-state index in [2.05, 4.69) is 36.8 Å². The summed E-state index contributed by atoms with van der Waals surface area (Å²) in [6, 6.07) is 16.8. The first kappa shape index (κ1) is 22.6. The second-order valence-corrected chi connectivity index (χ2v) is 9.89. The van der Waals surface area contributed by atoms with E-state index in [9.17, 15) is 9.59 Å². The number of carbonyl (C=O) groups excluding carboxylic acids is 2. The van der Waals surface area contributed by atoms with Crippen LogP contribution in [0.4, 0.5) is 5.13 Å². The van der Waals surface area contributed by atoms with Crippen molar-refractivity contribution >= 4 is 44.2 Å². The topological polar surface area (TPSA) is 84.0 Å². The lowest BCUT2D eigenvalue weighted by atomic mass is 9.88. The van der Waals surface area contributed by atoms with Gasteiger partial charge in [-0.25, -0.2) is 0 Å². The fourth-order valence-corrected chi connectivity index (χ4v) is 5.06. The molecule has 1 aliphatic rings. The number of nitrogens with zero attached hydrogens (tertiary/aromatic N) is 2. The van der Waals surface area contributed by atoms with Crippen LogP contribution in [0.1, 0.15) is 37.7 Å². The normalized spacial score (nSPS) is 15.2. The average molecular weight is 513 g/mol. The van der Waals surface area contributed by atoms with Crippen molar-refractivity contribution in [2.45, 2.75) is 44.6 Å². The highest BCUT2D eigenvalue weighted by Crippen LogP contribution is 2.28. The molecular formula is C24H25BrN4O2S. The van der Waals surface area contributed by atoms with Crippen LogP contribution >= 0.6 is 27.3 Å². The maximum absolute atomic E-state index is 13.1. The predicted octanol–water partition coefficient (Wildman–Crippen LogP) is 5.21. The first-order chi connectivity index (χ1) is 15.6. The quantitative estimate of drug-likeness (QED) is 0.454. The summed E-state index contributed by atoms with van der Waals surface area (Å²) in [6.07, 6.45) is 5.50. The van der Waals surface area contributed by atoms with Gasteiger partial charge in [0.05, 0.1) is 0 Å². The van der Waals surface area contributed by atoms with Gasteiger partial charge in [0.2, 0.25) is 16.9 Å². The smallest absolute Gasteiger partial charge is 0.249 e. The van der Waals surface area contributed by atoms with E-state index >= 15 is 0 Å². The second kappa shape index (κ2) is 10.8. The number of hydrogen-bond donors (Lipinski definition) is 2. The van der Waals surface area contributed by atoms with Crippen LogP contribution in [0.25, 0.3) is 10.6 Å². The molecule has 2 aromatic carbocycles. The molecule has 1 fully saturated rings. The summed E-state index contributed by atoms with van der Waals surface area (Å²) in [4.78, 5) is 26.0. The van der Waals surface area contributed by atoms with Crippen LogP contribution in [-0.4, -0.2) is 28.1 Å². The molecule has 0 saturated heterocycles. The monoisotopic (exact) mass is 512 g/mol. The van der Waals surface area contributed by atoms with E-state index in [1.165, 1.54) is 17.8 Å². The maximum atomic E-state index is 13.1. The fourth-order valence-electron chi connectivity index (χ4n) is 3.92. The van der Waals surface area contributed by atoms with E-state index in [-0.39, 0.29) is 17.7 Å². The SMILES string of the molecule is O=C(NC(Cc1ccccc1)C(=O)Nc1nnc(-c2cccc(Br)c2)s1)C1CCCCC1. The fraction of sp³-hybridized carbons (Fsp3) is 0.333. The number of rotatable bonds is 7. The standard InChI is InChI=1S/C24H25BrN4O2S/c25-19-13-7-12-18(15-19)23-28-29-24(32-23)27-22(31)20(14-16-8-3-1-4-9-16)26-21(30)17-10-5-2-6-11-17/h1,3-4,7-9,12-13,15,17,20H,2,5-6,10-11,14H2,(H,26,30)(H,27,29,31). The molecule has 1 aromatic heterocycles. The minimum absolute atomic E-state index is 0.0144. The summed E-state index contributed by atoms with van der Waals surface area (Å²) in [5.74, 6) is -0.331. The zero-order valence-electron chi connectivity index (χ0n) is 17.6. The zero-order chi connectivity index (χ0) is 22.3. The Morgan fingerprint density at radius 3 is 2.56 bits per heavy atom. The number of carbonyl (C=O) groups is 2. The highest BCUT2D eigenvalue weighted by atomic mass is 79.9. The van der Waals surface area contributed by atoms with Gasteiger partial charge < -0.3 is 5.32 Å². The van der Waals surface area contributed by atoms with E-state index in [4.69, 9.17) is 0 Å². The number of anilines is 1. The zero-order valence-corrected chi connectivity index (χ0v) is 20.0. The van der Waals surface area contributed by atoms with Crippen molar-refractivity contribution in [1.29, 1.82) is 0 Å². The van der Waals surface area contributed by atoms with E-state index in [0.717, 1.165) is 41.3 Å². The number of nitrogens with one attached hydrogen (secondary N) is 2. The number of benzene rings is 2. The van der Waals surface area contributed by atoms with Crippen molar-refractivity contribution in [1.82, 2.24) is 15.5 Å². The molecule has 1 unspecified atom stereocenters. The summed E-state index contributed by atoms with van der Waals surface area (Å²) in [7, 11) is 0. The average Bonchev–Trinajstić information content (AvgIpc) is 3.28. The molecular weight excluding hydrogens is 488 g/mol. The molecule has 1 heterocycles. The molecule has 1 atom stereocenters. The van der Waals surface area contributed by atoms with Gasteiger partial charge in [-0.05, 0) is 30.5 Å². The van der Waals surface area contributed by atoms with Crippen LogP contribution in [0.15, 0.2) is 59.1 Å². The molecule has 8 heteroatoms. The van der Waals surface area contributed by atoms with Crippen LogP contribution < -0.4 is 10.6 Å². The van der Waals surface area contributed by atoms with Crippen molar-refractivity contribution in [2.24, 2.45) is 5.92 Å². The van der Waals surface area contributed by atoms with Gasteiger partial charge in [0.15, 0.2) is 0 Å². The molecule has 0 spiro atoms. The molecule has 2 N–H and O–H groups in total. The summed E-state index contributed by atoms with van der Waals surface area (Å²) in [6.45, 7) is 0. The van der Waals surface area contributed by atoms with Crippen molar-refractivity contribution < 1.29 is 9.59 Å². The maximum Gasteiger partial charge on any atom is 0.249 e. The summed E-state index contributed by atoms with van der Waals surface area (Å²) in [5, 5.41) is 15.3. The largest absolute Gasteiger partial charge is 0.344 e. The summed E-state index contributed by atoms with van der Waals surface area (Å²) < 4.78 is 0.948. The Morgan fingerprint density at radius 2 is 1.81 bits per heavy atom. The van der Waals surface area contributed by atoms with Crippen molar-refractivity contribution in [3.8, 4) is 10.6 Å². The minimum atomic E-state index is -0.676. The van der Waals surface area contributed by atoms with Gasteiger partial charge in [-0.3, -0.25) is 14.9 Å². The lowest BCUT2D eigenvalue weighted by molar-refractivity contribution is -0.130. The van der Waals surface area contributed by atoms with E-state index in [1.54, 1.807) is 0 Å². The number of halogens is 1. The molecule has 0 radical (unpaired) electrons. The van der Waals surface area contributed by atoms with Crippen LogP contribution in [0.5, 0.6) is 0 Å². The molecule has 1 aliphatic carbocycles. The minimum Gasteiger partial charge on any atom is -0.344 e. The molecule has 6 nitrogen and oxygen atoms in total. The second-order valence-electron chi connectivity index (χ2n) is 8.00. The summed E-state index contributed by atoms with van der Waals surface area (Å²) >= 11 is 4.77. The predicted molar refractivity (Wildman–Crippen MR) is 130 cm³/mol. The van der Waals surface area contributed by atoms with Gasteiger partial charge in [-0.1, -0.05) is 89.0 Å². The van der Waals surface area contributed by atoms with Gasteiger partial charge >= 0.3 is 0 Å². The Balaban J connectivity index is 1.47. The molecule has 0 bridgehead atoms. The van der Waals surface area contributed by atoms with Gasteiger partial charge in [-0.15, -0.1) is 10.2 Å². The molecule has 32 heavy (non-hydrogen) atoms. The van der Waals surface area contributed by atoms with E-state index in [0.29, 0.717) is 16.6 Å². The van der Waals surface area contributed by atoms with Crippen LogP contribution in [0.2, 0.25) is 0 Å². The van der Waals surface area contributed by atoms with Crippen molar-refractivity contribution in [3.63, 3.8) is 0 Å². The number of amides is 2. The Bertz CT molecular complexity index is 1070. The van der Waals surface area contributed by atoms with Crippen LogP contribution in [0.3, 0.4) is 0 Å². The third kappa shape index (κ3) is 6.01. The van der Waals surface area contributed by atoms with Crippen molar-refractivity contribution in [2.75, 3.05) is 5.32 Å². The third-order valence-corrected chi connectivity index (χ3v) is 7.00. The van der Waals surface area contributed by atoms with Crippen LogP contribution in [-0.2, 0) is 16.0 Å². The summed E-state index contributed by atoms with van der Waals surface area (Å²) in [5.41, 5.74) is 1.91. The van der Waals surface area contributed by atoms with Crippen molar-refractivity contribution in [3.05, 3.63) is 64.6 Å². The number of hydrogen-bond acceptors (Lipinski definition) is 5. The lowest BCUT2D eigenvalue weighted by Gasteiger charge is -2.24. The Morgan fingerprint density at radius 1 is 1.03 bits per heavy atom. The van der Waals surface area contributed by atoms with Gasteiger partial charge in [0.1, 0.15) is 11.0 Å². The Hall–Kier alpha value is -2.58. The van der Waals surface area contributed by atoms with Gasteiger partial charge in [0, 0.05) is 22.4 Å². The third-order valence-electron chi connectivity index (χ3n) is 5.62. The van der Waals surface area contributed by atoms with E-state index in [1.807, 2.05) is 54.6 Å². The van der Waals surface area contributed by atoms with E-state index < -0.39 is 6.04 Å². The molecule has 3 aromatic rings. The Labute approximate surface area is 200 Å². The first-order valence-corrected chi connectivity index (χ1v) is 12.4. The van der Waals surface area contributed by atoms with Crippen LogP contribution in [0, 0.1) is 5.92 Å². The molecule has 1 saturated carbocycles. The van der Waals surface area contributed by atoms with Gasteiger partial charge in [-0.2, -0.15) is 0 Å². The lowest BCUT2D eigenvalue weighted by Crippen LogP contribution is -2.47. The first-order valence-electron chi connectivity index (χ1n) is 10.8. The molecule has 0 aliphatic heterocycles. The van der Waals surface area contributed by atoms with Gasteiger partial charge in [0.25, 0.3) is 0 Å². The Kier molecular flexibility index (Phi) is 7.65. The highest BCUT2D eigenvalue weighted by Gasteiger charge is 2.27.